The van der Waals surface area contributed by atoms with Crippen molar-refractivity contribution in [2.45, 2.75) is 6.54 Å². The van der Waals surface area contributed by atoms with Crippen molar-refractivity contribution < 1.29 is 14.3 Å². The maximum absolute atomic E-state index is 12.7. The van der Waals surface area contributed by atoms with E-state index in [4.69, 9.17) is 4.74 Å². The largest absolute Gasteiger partial charge is 0.378 e. The molecule has 32 heavy (non-hydrogen) atoms. The first-order valence-corrected chi connectivity index (χ1v) is 10.6. The zero-order valence-corrected chi connectivity index (χ0v) is 18.0. The third kappa shape index (κ3) is 4.65. The van der Waals surface area contributed by atoms with Crippen LogP contribution >= 0.6 is 0 Å². The van der Waals surface area contributed by atoms with E-state index in [2.05, 4.69) is 15.2 Å². The van der Waals surface area contributed by atoms with Crippen molar-refractivity contribution in [3.8, 4) is 0 Å². The zero-order valence-electron chi connectivity index (χ0n) is 18.0. The van der Waals surface area contributed by atoms with Crippen LogP contribution in [0.15, 0.2) is 59.5 Å². The molecule has 0 spiro atoms. The number of hydrogen-bond donors (Lipinski definition) is 2. The number of nitrogens with one attached hydrogen (secondary N) is 2. The van der Waals surface area contributed by atoms with Gasteiger partial charge in [0.1, 0.15) is 5.56 Å². The van der Waals surface area contributed by atoms with Crippen LogP contribution in [0.1, 0.15) is 15.9 Å². The summed E-state index contributed by atoms with van der Waals surface area (Å²) in [7, 11) is 1.70. The predicted molar refractivity (Wildman–Crippen MR) is 123 cm³/mol. The number of H-pyrrole nitrogens is 1. The van der Waals surface area contributed by atoms with Crippen LogP contribution in [-0.4, -0.2) is 61.6 Å². The average Bonchev–Trinajstić information content (AvgIpc) is 2.83. The van der Waals surface area contributed by atoms with Crippen molar-refractivity contribution in [1.82, 2.24) is 15.2 Å². The van der Waals surface area contributed by atoms with Crippen LogP contribution in [0.5, 0.6) is 0 Å². The number of carbonyl (C=O) groups excluding carboxylic acids is 2. The minimum atomic E-state index is -0.576. The molecule has 4 rings (SSSR count). The number of fused-ring (bicyclic) bond motifs is 1. The average molecular weight is 434 g/mol. The van der Waals surface area contributed by atoms with E-state index in [1.807, 2.05) is 30.3 Å². The van der Waals surface area contributed by atoms with Gasteiger partial charge in [-0.05, 0) is 23.8 Å². The standard InChI is InChI=1S/C24H26N4O4/c1-27(16-17-6-2-5-9-21(17)28-10-12-32-13-11-28)22(29)15-26-24(31)19-14-25-20-8-4-3-7-18(20)23(19)30/h2-9,14H,10-13,15-16H2,1H3,(H,25,30)(H,26,31). The van der Waals surface area contributed by atoms with Crippen molar-refractivity contribution in [1.29, 1.82) is 0 Å². The highest BCUT2D eigenvalue weighted by Crippen LogP contribution is 2.22. The van der Waals surface area contributed by atoms with Crippen LogP contribution in [0.25, 0.3) is 10.9 Å². The number of aromatic nitrogens is 1. The van der Waals surface area contributed by atoms with Crippen molar-refractivity contribution in [2.75, 3.05) is 44.8 Å². The van der Waals surface area contributed by atoms with Crippen LogP contribution in [0.2, 0.25) is 0 Å². The first kappa shape index (κ1) is 21.6. The molecule has 2 heterocycles. The monoisotopic (exact) mass is 434 g/mol. The van der Waals surface area contributed by atoms with Crippen LogP contribution in [-0.2, 0) is 16.1 Å². The number of aromatic amines is 1. The Bertz CT molecular complexity index is 1180. The fourth-order valence-electron chi connectivity index (χ4n) is 3.82. The van der Waals surface area contributed by atoms with E-state index < -0.39 is 5.91 Å². The molecule has 2 amide bonds. The number of anilines is 1. The van der Waals surface area contributed by atoms with Gasteiger partial charge in [-0.3, -0.25) is 14.4 Å². The third-order valence-corrected chi connectivity index (χ3v) is 5.61. The Morgan fingerprint density at radius 1 is 1.09 bits per heavy atom. The highest BCUT2D eigenvalue weighted by atomic mass is 16.5. The molecule has 2 aromatic carbocycles. The Morgan fingerprint density at radius 2 is 1.81 bits per heavy atom. The molecule has 3 aromatic rings. The van der Waals surface area contributed by atoms with E-state index in [0.29, 0.717) is 30.7 Å². The molecule has 0 radical (unpaired) electrons. The molecular weight excluding hydrogens is 408 g/mol. The minimum Gasteiger partial charge on any atom is -0.378 e. The lowest BCUT2D eigenvalue weighted by Crippen LogP contribution is -2.40. The van der Waals surface area contributed by atoms with Crippen LogP contribution in [0.4, 0.5) is 5.69 Å². The van der Waals surface area contributed by atoms with Crippen molar-refractivity contribution in [3.05, 3.63) is 76.1 Å². The summed E-state index contributed by atoms with van der Waals surface area (Å²) in [6.07, 6.45) is 1.38. The SMILES string of the molecule is CN(Cc1ccccc1N1CCOCC1)C(=O)CNC(=O)c1c[nH]c2ccccc2c1=O. The van der Waals surface area contributed by atoms with Crippen LogP contribution in [0.3, 0.4) is 0 Å². The summed E-state index contributed by atoms with van der Waals surface area (Å²) in [6.45, 7) is 3.21. The van der Waals surface area contributed by atoms with Gasteiger partial charge in [-0.1, -0.05) is 30.3 Å². The number of para-hydroxylation sites is 2. The summed E-state index contributed by atoms with van der Waals surface area (Å²) in [6, 6.07) is 15.0. The quantitative estimate of drug-likeness (QED) is 0.617. The summed E-state index contributed by atoms with van der Waals surface area (Å²) in [5.74, 6) is -0.820. The topological polar surface area (TPSA) is 94.7 Å². The maximum Gasteiger partial charge on any atom is 0.257 e. The second-order valence-corrected chi connectivity index (χ2v) is 7.74. The Labute approximate surface area is 185 Å². The van der Waals surface area contributed by atoms with Gasteiger partial charge in [0.15, 0.2) is 0 Å². The Balaban J connectivity index is 1.39. The van der Waals surface area contributed by atoms with Gasteiger partial charge in [0.25, 0.3) is 5.91 Å². The third-order valence-electron chi connectivity index (χ3n) is 5.61. The minimum absolute atomic E-state index is 0.0168. The first-order valence-electron chi connectivity index (χ1n) is 10.6. The Morgan fingerprint density at radius 3 is 2.62 bits per heavy atom. The number of likely N-dealkylation sites (N-methyl/N-ethyl adjacent to an activating group) is 1. The molecule has 1 saturated heterocycles. The summed E-state index contributed by atoms with van der Waals surface area (Å²) < 4.78 is 5.43. The first-order chi connectivity index (χ1) is 15.5. The lowest BCUT2D eigenvalue weighted by atomic mass is 10.1. The number of morpholine rings is 1. The number of ether oxygens (including phenoxy) is 1. The molecule has 0 saturated carbocycles. The van der Waals surface area contributed by atoms with E-state index in [1.165, 1.54) is 6.20 Å². The smallest absolute Gasteiger partial charge is 0.257 e. The van der Waals surface area contributed by atoms with E-state index in [1.54, 1.807) is 30.1 Å². The molecule has 2 N–H and O–H groups in total. The van der Waals surface area contributed by atoms with Crippen molar-refractivity contribution >= 4 is 28.4 Å². The van der Waals surface area contributed by atoms with E-state index >= 15 is 0 Å². The number of benzene rings is 2. The fourth-order valence-corrected chi connectivity index (χ4v) is 3.82. The summed E-state index contributed by atoms with van der Waals surface area (Å²) >= 11 is 0. The molecule has 1 aliphatic rings. The van der Waals surface area contributed by atoms with Gasteiger partial charge >= 0.3 is 0 Å². The van der Waals surface area contributed by atoms with Crippen molar-refractivity contribution in [2.24, 2.45) is 0 Å². The van der Waals surface area contributed by atoms with E-state index in [9.17, 15) is 14.4 Å². The van der Waals surface area contributed by atoms with E-state index in [0.717, 1.165) is 24.3 Å². The predicted octanol–water partition coefficient (Wildman–Crippen LogP) is 1.75. The second kappa shape index (κ2) is 9.65. The van der Waals surface area contributed by atoms with Gasteiger partial charge in [0.2, 0.25) is 11.3 Å². The Kier molecular flexibility index (Phi) is 6.51. The molecule has 0 bridgehead atoms. The molecule has 0 aliphatic carbocycles. The number of amides is 2. The second-order valence-electron chi connectivity index (χ2n) is 7.74. The summed E-state index contributed by atoms with van der Waals surface area (Å²) in [5, 5.41) is 3.01. The molecule has 1 fully saturated rings. The normalized spacial score (nSPS) is 13.7. The number of pyridine rings is 1. The molecule has 8 heteroatoms. The van der Waals surface area contributed by atoms with Gasteiger partial charge < -0.3 is 24.8 Å². The van der Waals surface area contributed by atoms with Gasteiger partial charge in [0, 0.05) is 49.5 Å². The number of carbonyl (C=O) groups is 2. The number of nitrogens with zero attached hydrogens (tertiary/aromatic N) is 2. The lowest BCUT2D eigenvalue weighted by Gasteiger charge is -2.31. The summed E-state index contributed by atoms with van der Waals surface area (Å²) in [4.78, 5) is 44.6. The Hall–Kier alpha value is -3.65. The summed E-state index contributed by atoms with van der Waals surface area (Å²) in [5.41, 5.74) is 2.39. The highest BCUT2D eigenvalue weighted by molar-refractivity contribution is 5.98. The lowest BCUT2D eigenvalue weighted by molar-refractivity contribution is -0.129. The maximum atomic E-state index is 12.7. The van der Waals surface area contributed by atoms with Crippen LogP contribution in [0, 0.1) is 0 Å². The number of rotatable bonds is 6. The van der Waals surface area contributed by atoms with Crippen molar-refractivity contribution in [3.63, 3.8) is 0 Å². The molecule has 8 nitrogen and oxygen atoms in total. The molecule has 1 aromatic heterocycles. The van der Waals surface area contributed by atoms with Gasteiger partial charge in [-0.15, -0.1) is 0 Å². The van der Waals surface area contributed by atoms with Gasteiger partial charge in [0.05, 0.1) is 19.8 Å². The fraction of sp³-hybridized carbons (Fsp3) is 0.292. The zero-order chi connectivity index (χ0) is 22.5. The molecular formula is C24H26N4O4. The molecule has 0 unspecified atom stereocenters. The van der Waals surface area contributed by atoms with E-state index in [-0.39, 0.29) is 23.4 Å². The molecule has 166 valence electrons. The number of hydrogen-bond acceptors (Lipinski definition) is 5. The van der Waals surface area contributed by atoms with Crippen LogP contribution < -0.4 is 15.6 Å². The molecule has 0 atom stereocenters. The van der Waals surface area contributed by atoms with Gasteiger partial charge in [-0.2, -0.15) is 0 Å². The van der Waals surface area contributed by atoms with Gasteiger partial charge in [-0.25, -0.2) is 0 Å². The highest BCUT2D eigenvalue weighted by Gasteiger charge is 2.18. The molecule has 1 aliphatic heterocycles.